The molecule has 0 unspecified atom stereocenters. The molecule has 0 bridgehead atoms. The van der Waals surface area contributed by atoms with Crippen molar-refractivity contribution in [3.63, 3.8) is 0 Å². The van der Waals surface area contributed by atoms with Crippen LogP contribution in [0, 0.1) is 5.41 Å². The molecule has 140 valence electrons. The van der Waals surface area contributed by atoms with Crippen LogP contribution in [-0.4, -0.2) is 38.2 Å². The number of carboxylic acid groups (broad SMARTS) is 1. The lowest BCUT2D eigenvalue weighted by Crippen LogP contribution is -2.36. The van der Waals surface area contributed by atoms with Crippen LogP contribution in [-0.2, 0) is 4.79 Å². The van der Waals surface area contributed by atoms with Crippen molar-refractivity contribution in [3.8, 4) is 5.69 Å². The zero-order chi connectivity index (χ0) is 19.3. The van der Waals surface area contributed by atoms with E-state index in [4.69, 9.17) is 28.2 Å². The lowest BCUT2D eigenvalue weighted by Gasteiger charge is -2.25. The smallest absolute Gasteiger partial charge is 0.326 e. The standard InChI is InChI=1S/C19H18Cl2N4O2/c1-19(2)8-14(18(26)27)25(9-19)15-7-13(24-6-5-22-10-24)11-3-4-12(20)16(21)17(11)23-15/h3-7,10,14H,8-9H2,1-2H3,(H,26,27)/t14-/m0/s1. The van der Waals surface area contributed by atoms with Gasteiger partial charge in [0, 0.05) is 30.4 Å². The van der Waals surface area contributed by atoms with Crippen LogP contribution in [0.25, 0.3) is 16.6 Å². The molecule has 1 aliphatic heterocycles. The van der Waals surface area contributed by atoms with Crippen LogP contribution in [0.3, 0.4) is 0 Å². The topological polar surface area (TPSA) is 71.2 Å². The molecular formula is C19H18Cl2N4O2. The second-order valence-corrected chi connectivity index (χ2v) is 8.36. The number of aromatic nitrogens is 3. The first-order valence-electron chi connectivity index (χ1n) is 8.53. The molecule has 1 aliphatic rings. The number of carboxylic acids is 1. The number of pyridine rings is 1. The van der Waals surface area contributed by atoms with Crippen LogP contribution in [0.2, 0.25) is 10.0 Å². The highest BCUT2D eigenvalue weighted by atomic mass is 35.5. The molecule has 0 radical (unpaired) electrons. The van der Waals surface area contributed by atoms with Gasteiger partial charge in [-0.3, -0.25) is 0 Å². The minimum atomic E-state index is -0.858. The Morgan fingerprint density at radius 1 is 1.33 bits per heavy atom. The third-order valence-corrected chi connectivity index (χ3v) is 5.71. The molecule has 27 heavy (non-hydrogen) atoms. The van der Waals surface area contributed by atoms with E-state index in [1.807, 2.05) is 27.8 Å². The van der Waals surface area contributed by atoms with Gasteiger partial charge in [-0.2, -0.15) is 0 Å². The number of aliphatic carboxylic acids is 1. The van der Waals surface area contributed by atoms with Crippen LogP contribution >= 0.6 is 23.2 Å². The fraction of sp³-hybridized carbons (Fsp3) is 0.316. The second kappa shape index (κ2) is 6.39. The van der Waals surface area contributed by atoms with Crippen molar-refractivity contribution < 1.29 is 9.90 Å². The lowest BCUT2D eigenvalue weighted by molar-refractivity contribution is -0.138. The molecule has 0 saturated carbocycles. The summed E-state index contributed by atoms with van der Waals surface area (Å²) in [4.78, 5) is 22.5. The van der Waals surface area contributed by atoms with Crippen LogP contribution in [0.1, 0.15) is 20.3 Å². The zero-order valence-corrected chi connectivity index (χ0v) is 16.4. The zero-order valence-electron chi connectivity index (χ0n) is 14.9. The number of halogens is 2. The van der Waals surface area contributed by atoms with E-state index in [9.17, 15) is 9.90 Å². The van der Waals surface area contributed by atoms with Gasteiger partial charge < -0.3 is 14.6 Å². The van der Waals surface area contributed by atoms with Crippen LogP contribution in [0.15, 0.2) is 36.9 Å². The van der Waals surface area contributed by atoms with Crippen LogP contribution in [0.5, 0.6) is 0 Å². The van der Waals surface area contributed by atoms with E-state index < -0.39 is 12.0 Å². The first kappa shape index (κ1) is 18.1. The first-order chi connectivity index (χ1) is 12.8. The number of anilines is 1. The Morgan fingerprint density at radius 3 is 2.78 bits per heavy atom. The van der Waals surface area contributed by atoms with Gasteiger partial charge in [0.2, 0.25) is 0 Å². The fourth-order valence-electron chi connectivity index (χ4n) is 3.70. The summed E-state index contributed by atoms with van der Waals surface area (Å²) in [6.07, 6.45) is 5.74. The Morgan fingerprint density at radius 2 is 2.11 bits per heavy atom. The van der Waals surface area contributed by atoms with Gasteiger partial charge in [0.1, 0.15) is 11.9 Å². The van der Waals surface area contributed by atoms with Gasteiger partial charge in [-0.1, -0.05) is 37.0 Å². The maximum absolute atomic E-state index is 11.8. The summed E-state index contributed by atoms with van der Waals surface area (Å²) in [7, 11) is 0. The number of nitrogens with zero attached hydrogens (tertiary/aromatic N) is 4. The predicted molar refractivity (Wildman–Crippen MR) is 106 cm³/mol. The van der Waals surface area contributed by atoms with E-state index in [1.54, 1.807) is 18.6 Å². The minimum Gasteiger partial charge on any atom is -0.480 e. The Kier molecular flexibility index (Phi) is 4.28. The molecule has 1 N–H and O–H groups in total. The van der Waals surface area contributed by atoms with E-state index in [-0.39, 0.29) is 5.41 Å². The Labute approximate surface area is 166 Å². The molecule has 0 aliphatic carbocycles. The predicted octanol–water partition coefficient (Wildman–Crippen LogP) is 4.42. The van der Waals surface area contributed by atoms with Gasteiger partial charge in [-0.25, -0.2) is 14.8 Å². The quantitative estimate of drug-likeness (QED) is 0.699. The minimum absolute atomic E-state index is 0.132. The molecule has 0 amide bonds. The number of hydrogen-bond donors (Lipinski definition) is 1. The van der Waals surface area contributed by atoms with Gasteiger partial charge in [0.15, 0.2) is 0 Å². The highest BCUT2D eigenvalue weighted by molar-refractivity contribution is 6.45. The molecule has 1 fully saturated rings. The van der Waals surface area contributed by atoms with Gasteiger partial charge in [0.25, 0.3) is 0 Å². The highest BCUT2D eigenvalue weighted by Crippen LogP contribution is 2.40. The Bertz CT molecular complexity index is 1030. The molecule has 3 aromatic rings. The second-order valence-electron chi connectivity index (χ2n) is 7.58. The third-order valence-electron chi connectivity index (χ3n) is 4.92. The van der Waals surface area contributed by atoms with Crippen molar-refractivity contribution in [2.75, 3.05) is 11.4 Å². The molecule has 1 saturated heterocycles. The van der Waals surface area contributed by atoms with Crippen LogP contribution < -0.4 is 4.90 Å². The molecular weight excluding hydrogens is 387 g/mol. The molecule has 8 heteroatoms. The summed E-state index contributed by atoms with van der Waals surface area (Å²) in [5, 5.41) is 11.3. The summed E-state index contributed by atoms with van der Waals surface area (Å²) in [5.74, 6) is -0.294. The number of imidazole rings is 1. The Hall–Kier alpha value is -2.31. The lowest BCUT2D eigenvalue weighted by atomic mass is 9.91. The van der Waals surface area contributed by atoms with Gasteiger partial charge in [0.05, 0.1) is 27.6 Å². The number of hydrogen-bond acceptors (Lipinski definition) is 4. The SMILES string of the molecule is CC1(C)C[C@@H](C(=O)O)N(c2cc(-n3ccnc3)c3ccc(Cl)c(Cl)c3n2)C1. The van der Waals surface area contributed by atoms with Gasteiger partial charge in [-0.15, -0.1) is 0 Å². The molecule has 1 atom stereocenters. The monoisotopic (exact) mass is 404 g/mol. The molecule has 2 aromatic heterocycles. The van der Waals surface area contributed by atoms with Gasteiger partial charge >= 0.3 is 5.97 Å². The highest BCUT2D eigenvalue weighted by Gasteiger charge is 2.42. The summed E-state index contributed by atoms with van der Waals surface area (Å²) >= 11 is 12.6. The molecule has 0 spiro atoms. The van der Waals surface area contributed by atoms with E-state index in [1.165, 1.54) is 0 Å². The molecule has 6 nitrogen and oxygen atoms in total. The molecule has 1 aromatic carbocycles. The van der Waals surface area contributed by atoms with Crippen molar-refractivity contribution in [2.24, 2.45) is 5.41 Å². The molecule has 4 rings (SSSR count). The first-order valence-corrected chi connectivity index (χ1v) is 9.29. The third kappa shape index (κ3) is 3.13. The number of fused-ring (bicyclic) bond motifs is 1. The Balaban J connectivity index is 1.96. The normalized spacial score (nSPS) is 19.0. The maximum atomic E-state index is 11.8. The van der Waals surface area contributed by atoms with Crippen molar-refractivity contribution in [2.45, 2.75) is 26.3 Å². The summed E-state index contributed by atoms with van der Waals surface area (Å²) in [6, 6.07) is 4.83. The van der Waals surface area contributed by atoms with E-state index in [0.717, 1.165) is 11.1 Å². The van der Waals surface area contributed by atoms with Crippen molar-refractivity contribution in [3.05, 3.63) is 47.0 Å². The average Bonchev–Trinajstić information content (AvgIpc) is 3.25. The van der Waals surface area contributed by atoms with Crippen molar-refractivity contribution in [1.82, 2.24) is 14.5 Å². The summed E-state index contributed by atoms with van der Waals surface area (Å²) < 4.78 is 1.86. The number of rotatable bonds is 3. The largest absolute Gasteiger partial charge is 0.480 e. The summed E-state index contributed by atoms with van der Waals surface area (Å²) in [6.45, 7) is 4.71. The fourth-order valence-corrected chi connectivity index (χ4v) is 4.06. The van der Waals surface area contributed by atoms with E-state index in [0.29, 0.717) is 34.3 Å². The summed E-state index contributed by atoms with van der Waals surface area (Å²) in [5.41, 5.74) is 1.23. The average molecular weight is 405 g/mol. The van der Waals surface area contributed by atoms with Gasteiger partial charge in [-0.05, 0) is 24.0 Å². The number of benzene rings is 1. The van der Waals surface area contributed by atoms with Crippen molar-refractivity contribution in [1.29, 1.82) is 0 Å². The molecule has 3 heterocycles. The number of carbonyl (C=O) groups is 1. The van der Waals surface area contributed by atoms with Crippen LogP contribution in [0.4, 0.5) is 5.82 Å². The van der Waals surface area contributed by atoms with Crippen molar-refractivity contribution >= 4 is 45.9 Å². The maximum Gasteiger partial charge on any atom is 0.326 e. The van der Waals surface area contributed by atoms with E-state index in [2.05, 4.69) is 18.8 Å². The van der Waals surface area contributed by atoms with E-state index >= 15 is 0 Å².